The number of aryl methyl sites for hydroxylation is 2. The second kappa shape index (κ2) is 10.6. The first kappa shape index (κ1) is 26.5. The van der Waals surface area contributed by atoms with Gasteiger partial charge in [0.05, 0.1) is 0 Å². The molecule has 0 spiro atoms. The van der Waals surface area contributed by atoms with E-state index in [1.807, 2.05) is 67.0 Å². The molecule has 0 aliphatic heterocycles. The number of carbonyl (C=O) groups is 2. The van der Waals surface area contributed by atoms with Gasteiger partial charge in [0.15, 0.2) is 0 Å². The van der Waals surface area contributed by atoms with Gasteiger partial charge >= 0.3 is 0 Å². The minimum absolute atomic E-state index is 0.0179. The summed E-state index contributed by atoms with van der Waals surface area (Å²) in [4.78, 5) is 45.7. The van der Waals surface area contributed by atoms with Crippen LogP contribution in [0.5, 0.6) is 0 Å². The zero-order chi connectivity index (χ0) is 25.9. The first-order valence-corrected chi connectivity index (χ1v) is 12.3. The Hall–Kier alpha value is -3.13. The van der Waals surface area contributed by atoms with Gasteiger partial charge in [-0.1, -0.05) is 6.92 Å². The van der Waals surface area contributed by atoms with Gasteiger partial charge in [0.1, 0.15) is 0 Å². The van der Waals surface area contributed by atoms with Crippen LogP contribution in [0.4, 0.5) is 11.4 Å². The molecule has 3 rings (SSSR count). The molecule has 1 heterocycles. The summed E-state index contributed by atoms with van der Waals surface area (Å²) in [7, 11) is 6.01. The fourth-order valence-corrected chi connectivity index (χ4v) is 4.28. The third-order valence-electron chi connectivity index (χ3n) is 7.14. The fraction of sp³-hybridized carbons (Fsp3) is 0.519. The lowest BCUT2D eigenvalue weighted by Crippen LogP contribution is -2.31. The molecule has 8 heteroatoms. The predicted octanol–water partition coefficient (Wildman–Crippen LogP) is 3.36. The highest BCUT2D eigenvalue weighted by molar-refractivity contribution is 6.02. The van der Waals surface area contributed by atoms with Gasteiger partial charge in [0, 0.05) is 60.3 Å². The number of anilines is 2. The van der Waals surface area contributed by atoms with E-state index >= 15 is 0 Å². The lowest BCUT2D eigenvalue weighted by Gasteiger charge is -2.25. The molecule has 1 aromatic heterocycles. The molecule has 0 radical (unpaired) electrons. The summed E-state index contributed by atoms with van der Waals surface area (Å²) in [6.45, 7) is 9.33. The number of likely N-dealkylation sites (N-methyl/N-ethyl adjacent to an activating group) is 2. The van der Waals surface area contributed by atoms with E-state index in [2.05, 4.69) is 25.4 Å². The number of amides is 2. The number of benzene rings is 1. The van der Waals surface area contributed by atoms with Crippen LogP contribution in [0.1, 0.15) is 58.9 Å². The number of hydrogen-bond donors (Lipinski definition) is 3. The lowest BCUT2D eigenvalue weighted by atomic mass is 10.0. The van der Waals surface area contributed by atoms with Crippen molar-refractivity contribution in [2.75, 3.05) is 44.4 Å². The molecule has 8 nitrogen and oxygen atoms in total. The molecule has 190 valence electrons. The van der Waals surface area contributed by atoms with Crippen molar-refractivity contribution < 1.29 is 9.59 Å². The number of nitrogens with one attached hydrogen (secondary N) is 3. The summed E-state index contributed by atoms with van der Waals surface area (Å²) in [5.41, 5.74) is 4.37. The van der Waals surface area contributed by atoms with Crippen LogP contribution in [0.25, 0.3) is 0 Å². The van der Waals surface area contributed by atoms with Gasteiger partial charge in [-0.3, -0.25) is 14.4 Å². The Bertz CT molecular complexity index is 1160. The van der Waals surface area contributed by atoms with Gasteiger partial charge in [-0.15, -0.1) is 0 Å². The molecule has 0 bridgehead atoms. The van der Waals surface area contributed by atoms with Crippen LogP contribution < -0.4 is 21.1 Å². The van der Waals surface area contributed by atoms with Crippen LogP contribution in [-0.2, 0) is 11.3 Å². The maximum absolute atomic E-state index is 13.3. The first-order valence-electron chi connectivity index (χ1n) is 12.3. The van der Waals surface area contributed by atoms with E-state index in [0.717, 1.165) is 49.3 Å². The van der Waals surface area contributed by atoms with Crippen molar-refractivity contribution in [2.24, 2.45) is 5.41 Å². The summed E-state index contributed by atoms with van der Waals surface area (Å²) >= 11 is 0. The van der Waals surface area contributed by atoms with Crippen LogP contribution in [0, 0.1) is 26.2 Å². The summed E-state index contributed by atoms with van der Waals surface area (Å²) in [5, 5.41) is 6.02. The molecule has 1 fully saturated rings. The largest absolute Gasteiger partial charge is 0.373 e. The van der Waals surface area contributed by atoms with Crippen LogP contribution >= 0.6 is 0 Å². The van der Waals surface area contributed by atoms with Crippen molar-refractivity contribution in [3.05, 3.63) is 56.5 Å². The summed E-state index contributed by atoms with van der Waals surface area (Å²) in [6, 6.07) is 5.69. The van der Waals surface area contributed by atoms with E-state index in [9.17, 15) is 14.4 Å². The van der Waals surface area contributed by atoms with Gasteiger partial charge in [-0.2, -0.15) is 0 Å². The topological polar surface area (TPSA) is 97.5 Å². The van der Waals surface area contributed by atoms with Gasteiger partial charge in [0.2, 0.25) is 5.91 Å². The molecule has 0 unspecified atom stereocenters. The van der Waals surface area contributed by atoms with Crippen LogP contribution in [-0.4, -0.2) is 55.9 Å². The predicted molar refractivity (Wildman–Crippen MR) is 141 cm³/mol. The first-order chi connectivity index (χ1) is 16.5. The quantitative estimate of drug-likeness (QED) is 0.484. The number of nitrogens with zero attached hydrogens (tertiary/aromatic N) is 2. The SMILES string of the molecule is CCC1(C(=O)Nc2cc(N(C)CCN(C)C)cc(C(=O)NCc3c(C)cc(C)[nH]c3=O)c2C)CC1. The van der Waals surface area contributed by atoms with Crippen molar-refractivity contribution in [3.63, 3.8) is 0 Å². The number of rotatable bonds is 10. The highest BCUT2D eigenvalue weighted by Gasteiger charge is 2.48. The minimum atomic E-state index is -0.286. The number of pyridine rings is 1. The Morgan fingerprint density at radius 2 is 1.74 bits per heavy atom. The molecule has 0 atom stereocenters. The van der Waals surface area contributed by atoms with Crippen molar-refractivity contribution in [3.8, 4) is 0 Å². The van der Waals surface area contributed by atoms with E-state index in [4.69, 9.17) is 0 Å². The Labute approximate surface area is 208 Å². The molecule has 1 saturated carbocycles. The van der Waals surface area contributed by atoms with Crippen LogP contribution in [0.3, 0.4) is 0 Å². The highest BCUT2D eigenvalue weighted by Crippen LogP contribution is 2.49. The van der Waals surface area contributed by atoms with Gasteiger partial charge in [-0.25, -0.2) is 0 Å². The fourth-order valence-electron chi connectivity index (χ4n) is 4.28. The Morgan fingerprint density at radius 3 is 2.31 bits per heavy atom. The number of aromatic nitrogens is 1. The van der Waals surface area contributed by atoms with E-state index in [1.54, 1.807) is 0 Å². The zero-order valence-corrected chi connectivity index (χ0v) is 22.1. The minimum Gasteiger partial charge on any atom is -0.373 e. The monoisotopic (exact) mass is 481 g/mol. The second-order valence-corrected chi connectivity index (χ2v) is 10.1. The number of aromatic amines is 1. The van der Waals surface area contributed by atoms with Crippen LogP contribution in [0.15, 0.2) is 23.0 Å². The molecule has 35 heavy (non-hydrogen) atoms. The van der Waals surface area contributed by atoms with Gasteiger partial charge in [0.25, 0.3) is 11.5 Å². The summed E-state index contributed by atoms with van der Waals surface area (Å²) in [6.07, 6.45) is 2.60. The normalized spacial score (nSPS) is 14.1. The lowest BCUT2D eigenvalue weighted by molar-refractivity contribution is -0.121. The van der Waals surface area contributed by atoms with E-state index < -0.39 is 0 Å². The van der Waals surface area contributed by atoms with Crippen LogP contribution in [0.2, 0.25) is 0 Å². The molecule has 1 aliphatic rings. The molecule has 1 aliphatic carbocycles. The van der Waals surface area contributed by atoms with Crippen molar-refractivity contribution >= 4 is 23.2 Å². The molecule has 1 aromatic carbocycles. The third kappa shape index (κ3) is 6.11. The Balaban J connectivity index is 1.90. The zero-order valence-electron chi connectivity index (χ0n) is 22.1. The third-order valence-corrected chi connectivity index (χ3v) is 7.14. The molecule has 0 saturated heterocycles. The molecule has 2 amide bonds. The van der Waals surface area contributed by atoms with E-state index in [0.29, 0.717) is 22.4 Å². The van der Waals surface area contributed by atoms with Crippen molar-refractivity contribution in [1.82, 2.24) is 15.2 Å². The Morgan fingerprint density at radius 1 is 1.06 bits per heavy atom. The van der Waals surface area contributed by atoms with Gasteiger partial charge < -0.3 is 25.4 Å². The summed E-state index contributed by atoms with van der Waals surface area (Å²) < 4.78 is 0. The highest BCUT2D eigenvalue weighted by atomic mass is 16.2. The smallest absolute Gasteiger partial charge is 0.253 e. The molecule has 2 aromatic rings. The maximum atomic E-state index is 13.3. The molecular weight excluding hydrogens is 442 g/mol. The molecular formula is C27H39N5O3. The number of hydrogen-bond acceptors (Lipinski definition) is 5. The molecule has 3 N–H and O–H groups in total. The number of carbonyl (C=O) groups excluding carboxylic acids is 2. The van der Waals surface area contributed by atoms with Crippen molar-refractivity contribution in [2.45, 2.75) is 53.5 Å². The average Bonchev–Trinajstić information content (AvgIpc) is 3.59. The van der Waals surface area contributed by atoms with E-state index in [1.165, 1.54) is 0 Å². The second-order valence-electron chi connectivity index (χ2n) is 10.1. The average molecular weight is 482 g/mol. The standard InChI is InChI=1S/C27H39N5O3/c1-8-27(9-10-27)26(35)30-23-15-20(32(7)12-11-31(5)6)14-21(19(23)4)24(33)28-16-22-17(2)13-18(3)29-25(22)34/h13-15H,8-12,16H2,1-7H3,(H,28,33)(H,29,34)(H,30,35). The van der Waals surface area contributed by atoms with Gasteiger partial charge in [-0.05, 0) is 83.5 Å². The summed E-state index contributed by atoms with van der Waals surface area (Å²) in [5.74, 6) is -0.263. The Kier molecular flexibility index (Phi) is 8.05. The van der Waals surface area contributed by atoms with E-state index in [-0.39, 0.29) is 29.3 Å². The maximum Gasteiger partial charge on any atom is 0.253 e. The number of H-pyrrole nitrogens is 1. The van der Waals surface area contributed by atoms with Crippen molar-refractivity contribution in [1.29, 1.82) is 0 Å².